The zero-order valence-electron chi connectivity index (χ0n) is 24.9. The number of nitrogens with two attached hydrogens (primary N) is 1. The third kappa shape index (κ3) is 7.18. The fourth-order valence-electron chi connectivity index (χ4n) is 5.42. The van der Waals surface area contributed by atoms with Gasteiger partial charge in [-0.3, -0.25) is 23.1 Å². The molecule has 3 aromatic rings. The van der Waals surface area contributed by atoms with E-state index in [1.165, 1.54) is 35.4 Å². The number of anilines is 1. The normalized spacial score (nSPS) is 25.5. The van der Waals surface area contributed by atoms with E-state index in [9.17, 15) is 38.3 Å². The summed E-state index contributed by atoms with van der Waals surface area (Å²) in [6.45, 7) is 2.40. The first-order chi connectivity index (χ1) is 22.8. The van der Waals surface area contributed by atoms with Crippen molar-refractivity contribution in [2.24, 2.45) is 4.99 Å². The average molecular weight is 778 g/mol. The summed E-state index contributed by atoms with van der Waals surface area (Å²) < 4.78 is 61.5. The number of hydrogen-bond donors (Lipinski definition) is 2. The summed E-state index contributed by atoms with van der Waals surface area (Å²) in [5.74, 6) is -1.00. The fraction of sp³-hybridized carbons (Fsp3) is 0.320. The van der Waals surface area contributed by atoms with E-state index in [1.807, 2.05) is 0 Å². The molecule has 0 bridgehead atoms. The standard InChI is InChI=1S/C25H25Cl2N6O13P3/c1-25(2)12-5-11(3-4-14(12)32-15-6-13(26)22(35)20(27)19(15)25)44-48(38,39)46-49(40,41)45-47(36,37)42-8-17-16(34)7-18(43-17)33-10-31-21-23(28)29-9-30-24(21)33/h3-6,9-10,16-18,34H,7-8H2,1-2H3,(H,36,37)(H,38,39)(H,40,41)(H2,28,29,30)/p-3/t16?,17-,18-/m0/s1. The molecule has 2 aromatic heterocycles. The molecule has 6 atom stereocenters. The van der Waals surface area contributed by atoms with Crippen LogP contribution >= 0.6 is 46.7 Å². The Labute approximate surface area is 285 Å². The Morgan fingerprint density at radius 1 is 1.10 bits per heavy atom. The molecule has 0 amide bonds. The van der Waals surface area contributed by atoms with E-state index in [0.717, 1.165) is 6.07 Å². The van der Waals surface area contributed by atoms with Crippen molar-refractivity contribution in [3.8, 4) is 5.75 Å². The molecule has 24 heteroatoms. The Bertz CT molecular complexity index is 2140. The summed E-state index contributed by atoms with van der Waals surface area (Å²) >= 11 is 12.3. The van der Waals surface area contributed by atoms with Crippen LogP contribution in [0.25, 0.3) is 11.2 Å². The molecule has 4 unspecified atom stereocenters. The Hall–Kier alpha value is -2.86. The molecule has 1 aromatic carbocycles. The van der Waals surface area contributed by atoms with Gasteiger partial charge in [0.15, 0.2) is 11.5 Å². The van der Waals surface area contributed by atoms with Crippen molar-refractivity contribution in [2.75, 3.05) is 12.3 Å². The van der Waals surface area contributed by atoms with Gasteiger partial charge in [-0.2, -0.15) is 0 Å². The summed E-state index contributed by atoms with van der Waals surface area (Å²) in [6.07, 6.45) is 0.266. The highest BCUT2D eigenvalue weighted by Gasteiger charge is 2.41. The van der Waals surface area contributed by atoms with Gasteiger partial charge in [-0.25, -0.2) is 28.6 Å². The molecular formula is C25H22Cl2N6O13P3-3. The second-order valence-corrected chi connectivity index (χ2v) is 16.4. The van der Waals surface area contributed by atoms with Gasteiger partial charge in [0.25, 0.3) is 15.6 Å². The molecule has 262 valence electrons. The number of phosphoric ester groups is 2. The summed E-state index contributed by atoms with van der Waals surface area (Å²) in [5.41, 5.74) is 6.53. The van der Waals surface area contributed by atoms with Crippen molar-refractivity contribution in [3.05, 3.63) is 58.1 Å². The SMILES string of the molecule is CC1(C)C2=C(Cl)C(=O)C(Cl)=CC2=Nc2ccc(OP(=O)([O-])OP(=O)([O-])OP(=O)([O-])OC[C@@H]3O[C@H](n4cnc5c(N)ncnc54)CC3O)cc21. The lowest BCUT2D eigenvalue weighted by molar-refractivity contribution is -0.249. The van der Waals surface area contributed by atoms with Crippen LogP contribution in [0.2, 0.25) is 0 Å². The van der Waals surface area contributed by atoms with Crippen molar-refractivity contribution >= 4 is 80.8 Å². The maximum atomic E-state index is 12.6. The van der Waals surface area contributed by atoms with Gasteiger partial charge in [0, 0.05) is 17.4 Å². The number of benzene rings is 1. The van der Waals surface area contributed by atoms with Gasteiger partial charge in [-0.1, -0.05) is 37.0 Å². The molecule has 1 aliphatic carbocycles. The highest BCUT2D eigenvalue weighted by atomic mass is 35.5. The molecule has 1 saturated heterocycles. The predicted octanol–water partition coefficient (Wildman–Crippen LogP) is 2.15. The summed E-state index contributed by atoms with van der Waals surface area (Å²) in [7, 11) is -17.9. The maximum Gasteiger partial charge on any atom is 0.326 e. The van der Waals surface area contributed by atoms with Crippen LogP contribution in [0.4, 0.5) is 11.5 Å². The van der Waals surface area contributed by atoms with E-state index in [1.54, 1.807) is 13.8 Å². The van der Waals surface area contributed by atoms with Gasteiger partial charge in [-0.05, 0) is 29.8 Å². The monoisotopic (exact) mass is 777 g/mol. The number of allylic oxidation sites excluding steroid dienone is 4. The van der Waals surface area contributed by atoms with E-state index >= 15 is 0 Å². The molecule has 0 saturated carbocycles. The molecule has 4 heterocycles. The number of aromatic nitrogens is 4. The van der Waals surface area contributed by atoms with E-state index in [0.29, 0.717) is 22.5 Å². The van der Waals surface area contributed by atoms with E-state index in [2.05, 4.69) is 33.1 Å². The number of carbonyl (C=O) groups is 1. The smallest absolute Gasteiger partial charge is 0.326 e. The van der Waals surface area contributed by atoms with Gasteiger partial charge in [0.1, 0.15) is 29.9 Å². The number of Topliss-reactive ketones (excluding diaryl/α,β-unsaturated/α-hetero) is 1. The van der Waals surface area contributed by atoms with Crippen LogP contribution in [0.3, 0.4) is 0 Å². The first-order valence-corrected chi connectivity index (χ1v) is 18.9. The van der Waals surface area contributed by atoms with Crippen LogP contribution < -0.4 is 24.9 Å². The van der Waals surface area contributed by atoms with Crippen LogP contribution in [0.15, 0.2) is 57.6 Å². The zero-order valence-corrected chi connectivity index (χ0v) is 29.1. The number of aliphatic hydroxyl groups is 1. The molecule has 0 radical (unpaired) electrons. The number of hydrogen-bond acceptors (Lipinski definition) is 18. The zero-order chi connectivity index (χ0) is 35.7. The predicted molar refractivity (Wildman–Crippen MR) is 164 cm³/mol. The van der Waals surface area contributed by atoms with E-state index in [4.69, 9.17) is 38.2 Å². The molecule has 2 aliphatic heterocycles. The minimum absolute atomic E-state index is 0.0746. The second kappa shape index (κ2) is 12.7. The lowest BCUT2D eigenvalue weighted by atomic mass is 9.71. The number of aliphatic hydroxyl groups excluding tert-OH is 1. The molecule has 19 nitrogen and oxygen atoms in total. The fourth-order valence-corrected chi connectivity index (χ4v) is 9.47. The molecule has 0 spiro atoms. The summed E-state index contributed by atoms with van der Waals surface area (Å²) in [4.78, 5) is 66.0. The number of nitrogen functional groups attached to an aromatic ring is 1. The number of aliphatic imine (C=N–C) groups is 1. The number of ether oxygens (including phenoxy) is 1. The number of imidazole rings is 1. The topological polar surface area (TPSA) is 286 Å². The molecular weight excluding hydrogens is 756 g/mol. The molecule has 6 rings (SSSR count). The van der Waals surface area contributed by atoms with Gasteiger partial charge in [0.2, 0.25) is 5.78 Å². The van der Waals surface area contributed by atoms with Crippen molar-refractivity contribution in [3.63, 3.8) is 0 Å². The highest BCUT2D eigenvalue weighted by Crippen LogP contribution is 2.63. The Kier molecular flexibility index (Phi) is 9.33. The lowest BCUT2D eigenvalue weighted by Crippen LogP contribution is -2.32. The molecule has 3 aliphatic rings. The van der Waals surface area contributed by atoms with Crippen LogP contribution in [-0.4, -0.2) is 54.9 Å². The molecule has 49 heavy (non-hydrogen) atoms. The van der Waals surface area contributed by atoms with Crippen molar-refractivity contribution in [1.82, 2.24) is 19.5 Å². The molecule has 3 N–H and O–H groups in total. The highest BCUT2D eigenvalue weighted by molar-refractivity contribution is 7.65. The van der Waals surface area contributed by atoms with Crippen molar-refractivity contribution in [2.45, 2.75) is 44.1 Å². The third-order valence-corrected chi connectivity index (χ3v) is 12.3. The van der Waals surface area contributed by atoms with Gasteiger partial charge >= 0.3 is 7.82 Å². The number of phosphoric acid groups is 3. The van der Waals surface area contributed by atoms with E-state index < -0.39 is 65.5 Å². The van der Waals surface area contributed by atoms with E-state index in [-0.39, 0.29) is 33.5 Å². The van der Waals surface area contributed by atoms with Crippen LogP contribution in [0.5, 0.6) is 5.75 Å². The minimum Gasteiger partial charge on any atom is -0.756 e. The van der Waals surface area contributed by atoms with Crippen LogP contribution in [0.1, 0.15) is 32.1 Å². The average Bonchev–Trinajstić information content (AvgIpc) is 3.57. The number of fused-ring (bicyclic) bond motifs is 3. The largest absolute Gasteiger partial charge is 0.756 e. The Morgan fingerprint density at radius 3 is 2.55 bits per heavy atom. The Balaban J connectivity index is 1.10. The maximum absolute atomic E-state index is 12.6. The summed E-state index contributed by atoms with van der Waals surface area (Å²) in [6, 6.07) is 3.66. The summed E-state index contributed by atoms with van der Waals surface area (Å²) in [5, 5.41) is 10.1. The number of nitrogens with zero attached hydrogens (tertiary/aromatic N) is 5. The lowest BCUT2D eigenvalue weighted by Gasteiger charge is -2.37. The number of carbonyl (C=O) groups excluding carboxylic acids is 1. The second-order valence-electron chi connectivity index (χ2n) is 11.2. The van der Waals surface area contributed by atoms with Crippen LogP contribution in [-0.2, 0) is 41.8 Å². The van der Waals surface area contributed by atoms with Crippen molar-refractivity contribution < 1.29 is 60.7 Å². The van der Waals surface area contributed by atoms with Gasteiger partial charge in [0.05, 0.1) is 40.5 Å². The Morgan fingerprint density at radius 2 is 1.82 bits per heavy atom. The number of rotatable bonds is 10. The minimum atomic E-state index is -6.22. The van der Waals surface area contributed by atoms with Gasteiger partial charge in [-0.15, -0.1) is 0 Å². The quantitative estimate of drug-likeness (QED) is 0.220. The van der Waals surface area contributed by atoms with Crippen LogP contribution in [0, 0.1) is 0 Å². The first-order valence-electron chi connectivity index (χ1n) is 13.8. The third-order valence-electron chi connectivity index (χ3n) is 7.58. The number of ketones is 1. The number of halogens is 2. The van der Waals surface area contributed by atoms with Gasteiger partial charge < -0.3 is 39.3 Å². The van der Waals surface area contributed by atoms with Crippen molar-refractivity contribution in [1.29, 1.82) is 0 Å². The molecule has 1 fully saturated rings. The first kappa shape index (κ1) is 35.9.